The standard InChI is InChI=1S/C13H13N5O2S/c1-19-7-6-12-16-13(21-17-12)20-11-4-2-10(3-5-11)18-9-14-8-15-18/h2-5,8-9H,6-7H2,1H3. The molecule has 3 aromatic rings. The third-order valence-corrected chi connectivity index (χ3v) is 3.34. The van der Waals surface area contributed by atoms with Crippen LogP contribution in [0.25, 0.3) is 5.69 Å². The Kier molecular flexibility index (Phi) is 4.17. The molecule has 2 aromatic heterocycles. The Bertz CT molecular complexity index is 681. The van der Waals surface area contributed by atoms with Gasteiger partial charge in [0.1, 0.15) is 24.2 Å². The van der Waals surface area contributed by atoms with Crippen LogP contribution in [0, 0.1) is 0 Å². The first kappa shape index (κ1) is 13.7. The van der Waals surface area contributed by atoms with E-state index < -0.39 is 0 Å². The molecule has 3 rings (SSSR count). The Labute approximate surface area is 125 Å². The largest absolute Gasteiger partial charge is 0.430 e. The predicted molar refractivity (Wildman–Crippen MR) is 76.9 cm³/mol. The fourth-order valence-electron chi connectivity index (χ4n) is 1.68. The molecule has 0 aliphatic heterocycles. The Morgan fingerprint density at radius 2 is 2.10 bits per heavy atom. The van der Waals surface area contributed by atoms with Crippen molar-refractivity contribution in [3.63, 3.8) is 0 Å². The van der Waals surface area contributed by atoms with E-state index in [0.717, 1.165) is 11.5 Å². The number of benzene rings is 1. The Morgan fingerprint density at radius 1 is 1.24 bits per heavy atom. The average molecular weight is 303 g/mol. The number of hydrogen-bond acceptors (Lipinski definition) is 7. The molecule has 21 heavy (non-hydrogen) atoms. The van der Waals surface area contributed by atoms with Crippen LogP contribution in [-0.2, 0) is 11.2 Å². The van der Waals surface area contributed by atoms with Gasteiger partial charge in [0.05, 0.1) is 12.3 Å². The highest BCUT2D eigenvalue weighted by Gasteiger charge is 2.06. The summed E-state index contributed by atoms with van der Waals surface area (Å²) in [6.45, 7) is 0.600. The van der Waals surface area contributed by atoms with Gasteiger partial charge < -0.3 is 9.47 Å². The van der Waals surface area contributed by atoms with Crippen molar-refractivity contribution in [2.75, 3.05) is 13.7 Å². The number of ether oxygens (including phenoxy) is 2. The third kappa shape index (κ3) is 3.41. The second kappa shape index (κ2) is 6.42. The lowest BCUT2D eigenvalue weighted by atomic mass is 10.3. The topological polar surface area (TPSA) is 75.0 Å². The van der Waals surface area contributed by atoms with E-state index in [0.29, 0.717) is 24.0 Å². The van der Waals surface area contributed by atoms with Crippen molar-refractivity contribution in [1.29, 1.82) is 0 Å². The molecule has 0 fully saturated rings. The van der Waals surface area contributed by atoms with Gasteiger partial charge in [-0.25, -0.2) is 9.67 Å². The van der Waals surface area contributed by atoms with Crippen LogP contribution in [0.1, 0.15) is 5.82 Å². The van der Waals surface area contributed by atoms with Crippen LogP contribution >= 0.6 is 11.5 Å². The van der Waals surface area contributed by atoms with Crippen LogP contribution < -0.4 is 4.74 Å². The molecule has 0 N–H and O–H groups in total. The van der Waals surface area contributed by atoms with E-state index >= 15 is 0 Å². The summed E-state index contributed by atoms with van der Waals surface area (Å²) in [7, 11) is 1.65. The molecule has 0 atom stereocenters. The number of nitrogens with zero attached hydrogens (tertiary/aromatic N) is 5. The fourth-order valence-corrected chi connectivity index (χ4v) is 2.28. The van der Waals surface area contributed by atoms with Crippen LogP contribution in [0.5, 0.6) is 10.9 Å². The zero-order valence-electron chi connectivity index (χ0n) is 11.3. The lowest BCUT2D eigenvalue weighted by Crippen LogP contribution is -1.96. The normalized spacial score (nSPS) is 10.7. The average Bonchev–Trinajstić information content (AvgIpc) is 3.17. The Hall–Kier alpha value is -2.32. The van der Waals surface area contributed by atoms with Gasteiger partial charge in [-0.2, -0.15) is 14.5 Å². The van der Waals surface area contributed by atoms with Crippen molar-refractivity contribution in [3.05, 3.63) is 42.7 Å². The SMILES string of the molecule is COCCc1nsc(Oc2ccc(-n3cncn3)cc2)n1. The molecule has 0 bridgehead atoms. The molecule has 7 nitrogen and oxygen atoms in total. The molecule has 0 amide bonds. The molecule has 0 saturated heterocycles. The van der Waals surface area contributed by atoms with Crippen molar-refractivity contribution in [2.24, 2.45) is 0 Å². The lowest BCUT2D eigenvalue weighted by Gasteiger charge is -2.03. The summed E-state index contributed by atoms with van der Waals surface area (Å²) in [6.07, 6.45) is 3.82. The van der Waals surface area contributed by atoms with Crippen molar-refractivity contribution in [1.82, 2.24) is 24.1 Å². The summed E-state index contributed by atoms with van der Waals surface area (Å²) < 4.78 is 16.6. The summed E-state index contributed by atoms with van der Waals surface area (Å²) in [4.78, 5) is 8.20. The van der Waals surface area contributed by atoms with Crippen molar-refractivity contribution in [3.8, 4) is 16.6 Å². The van der Waals surface area contributed by atoms with Gasteiger partial charge in [0.25, 0.3) is 5.19 Å². The second-order valence-electron chi connectivity index (χ2n) is 4.16. The van der Waals surface area contributed by atoms with Gasteiger partial charge in [0.2, 0.25) is 0 Å². The van der Waals surface area contributed by atoms with E-state index in [1.54, 1.807) is 18.1 Å². The fraction of sp³-hybridized carbons (Fsp3) is 0.231. The van der Waals surface area contributed by atoms with E-state index in [2.05, 4.69) is 19.4 Å². The molecule has 0 spiro atoms. The maximum absolute atomic E-state index is 5.67. The minimum absolute atomic E-state index is 0.523. The molecule has 0 unspecified atom stereocenters. The number of aromatic nitrogens is 5. The van der Waals surface area contributed by atoms with E-state index in [1.807, 2.05) is 24.3 Å². The number of hydrogen-bond donors (Lipinski definition) is 0. The predicted octanol–water partition coefficient (Wildman–Crippen LogP) is 2.10. The van der Waals surface area contributed by atoms with Gasteiger partial charge in [-0.3, -0.25) is 0 Å². The zero-order valence-corrected chi connectivity index (χ0v) is 12.2. The van der Waals surface area contributed by atoms with Gasteiger partial charge >= 0.3 is 0 Å². The first-order valence-electron chi connectivity index (χ1n) is 6.29. The molecule has 0 aliphatic carbocycles. The first-order chi connectivity index (χ1) is 10.3. The monoisotopic (exact) mass is 303 g/mol. The smallest absolute Gasteiger partial charge is 0.298 e. The molecular formula is C13H13N5O2S. The summed E-state index contributed by atoms with van der Waals surface area (Å²) in [5.41, 5.74) is 0.915. The molecule has 8 heteroatoms. The summed E-state index contributed by atoms with van der Waals surface area (Å²) in [5.74, 6) is 1.43. The van der Waals surface area contributed by atoms with Gasteiger partial charge in [-0.1, -0.05) is 0 Å². The van der Waals surface area contributed by atoms with Gasteiger partial charge in [-0.05, 0) is 24.3 Å². The van der Waals surface area contributed by atoms with Gasteiger partial charge in [0, 0.05) is 25.1 Å². The van der Waals surface area contributed by atoms with E-state index in [4.69, 9.17) is 9.47 Å². The third-order valence-electron chi connectivity index (χ3n) is 2.70. The van der Waals surface area contributed by atoms with E-state index in [1.165, 1.54) is 17.9 Å². The zero-order chi connectivity index (χ0) is 14.5. The van der Waals surface area contributed by atoms with E-state index in [-0.39, 0.29) is 0 Å². The lowest BCUT2D eigenvalue weighted by molar-refractivity contribution is 0.200. The van der Waals surface area contributed by atoms with Crippen molar-refractivity contribution < 1.29 is 9.47 Å². The highest BCUT2D eigenvalue weighted by molar-refractivity contribution is 7.07. The van der Waals surface area contributed by atoms with Crippen LogP contribution in [-0.4, -0.2) is 37.8 Å². The molecule has 108 valence electrons. The maximum atomic E-state index is 5.67. The molecule has 0 aliphatic rings. The molecule has 1 aromatic carbocycles. The van der Waals surface area contributed by atoms with Crippen molar-refractivity contribution in [2.45, 2.75) is 6.42 Å². The minimum atomic E-state index is 0.523. The Balaban J connectivity index is 1.66. The maximum Gasteiger partial charge on any atom is 0.298 e. The number of methoxy groups -OCH3 is 1. The number of rotatable bonds is 6. The molecular weight excluding hydrogens is 290 g/mol. The van der Waals surface area contributed by atoms with Crippen LogP contribution in [0.3, 0.4) is 0 Å². The van der Waals surface area contributed by atoms with Crippen LogP contribution in [0.4, 0.5) is 0 Å². The second-order valence-corrected chi connectivity index (χ2v) is 4.87. The highest BCUT2D eigenvalue weighted by Crippen LogP contribution is 2.24. The van der Waals surface area contributed by atoms with Gasteiger partial charge in [0.15, 0.2) is 0 Å². The molecule has 0 radical (unpaired) electrons. The van der Waals surface area contributed by atoms with Crippen LogP contribution in [0.15, 0.2) is 36.9 Å². The summed E-state index contributed by atoms with van der Waals surface area (Å²) in [6, 6.07) is 7.51. The quantitative estimate of drug-likeness (QED) is 0.694. The minimum Gasteiger partial charge on any atom is -0.430 e. The summed E-state index contributed by atoms with van der Waals surface area (Å²) >= 11 is 1.23. The van der Waals surface area contributed by atoms with Crippen molar-refractivity contribution >= 4 is 11.5 Å². The summed E-state index contributed by atoms with van der Waals surface area (Å²) in [5, 5.41) is 4.59. The Morgan fingerprint density at radius 3 is 2.81 bits per heavy atom. The van der Waals surface area contributed by atoms with Crippen LogP contribution in [0.2, 0.25) is 0 Å². The first-order valence-corrected chi connectivity index (χ1v) is 7.07. The molecule has 2 heterocycles. The van der Waals surface area contributed by atoms with Gasteiger partial charge in [-0.15, -0.1) is 0 Å². The highest BCUT2D eigenvalue weighted by atomic mass is 32.1. The molecule has 0 saturated carbocycles. The van der Waals surface area contributed by atoms with E-state index in [9.17, 15) is 0 Å².